The highest BCUT2D eigenvalue weighted by molar-refractivity contribution is 5.70. The zero-order chi connectivity index (χ0) is 16.4. The monoisotopic (exact) mass is 302 g/mol. The number of nitrogens with one attached hydrogen (secondary N) is 1. The van der Waals surface area contributed by atoms with Crippen molar-refractivity contribution < 1.29 is 14.7 Å². The first kappa shape index (κ1) is 17.6. The molecule has 5 nitrogen and oxygen atoms in total. The highest BCUT2D eigenvalue weighted by Crippen LogP contribution is 2.18. The lowest BCUT2D eigenvalue weighted by Crippen LogP contribution is -2.21. The van der Waals surface area contributed by atoms with E-state index in [0.29, 0.717) is 32.4 Å². The molecule has 0 aliphatic rings. The number of terminal acetylenes is 1. The Labute approximate surface area is 131 Å². The van der Waals surface area contributed by atoms with Crippen molar-refractivity contribution in [2.45, 2.75) is 19.3 Å². The summed E-state index contributed by atoms with van der Waals surface area (Å²) in [5, 5.41) is 12.4. The van der Waals surface area contributed by atoms with E-state index in [1.807, 2.05) is 24.3 Å². The number of aliphatic carboxylic acids is 1. The molecule has 118 valence electrons. The molecule has 1 aromatic carbocycles. The maximum atomic E-state index is 11.4. The van der Waals surface area contributed by atoms with Crippen molar-refractivity contribution in [2.24, 2.45) is 5.92 Å². The summed E-state index contributed by atoms with van der Waals surface area (Å²) >= 11 is 0. The summed E-state index contributed by atoms with van der Waals surface area (Å²) < 4.78 is 0. The molecule has 0 spiro atoms. The fourth-order valence-corrected chi connectivity index (χ4v) is 2.20. The fraction of sp³-hybridized carbons (Fsp3) is 0.412. The van der Waals surface area contributed by atoms with Gasteiger partial charge in [0, 0.05) is 19.3 Å². The summed E-state index contributed by atoms with van der Waals surface area (Å²) in [5.41, 5.74) is 1.85. The summed E-state index contributed by atoms with van der Waals surface area (Å²) in [6.07, 6.45) is 7.62. The van der Waals surface area contributed by atoms with E-state index in [-0.39, 0.29) is 0 Å². The van der Waals surface area contributed by atoms with Crippen molar-refractivity contribution in [1.29, 1.82) is 0 Å². The summed E-state index contributed by atoms with van der Waals surface area (Å²) in [7, 11) is 1.68. The highest BCUT2D eigenvalue weighted by Gasteiger charge is 2.18. The third-order valence-electron chi connectivity index (χ3n) is 3.40. The molecule has 0 radical (unpaired) electrons. The van der Waals surface area contributed by atoms with Gasteiger partial charge in [0.1, 0.15) is 0 Å². The Bertz CT molecular complexity index is 537. The van der Waals surface area contributed by atoms with Gasteiger partial charge in [0.2, 0.25) is 6.41 Å². The molecule has 0 saturated heterocycles. The summed E-state index contributed by atoms with van der Waals surface area (Å²) in [6.45, 7) is 1.00. The van der Waals surface area contributed by atoms with Gasteiger partial charge in [-0.2, -0.15) is 0 Å². The second-order valence-electron chi connectivity index (χ2n) is 5.23. The molecule has 0 aliphatic heterocycles. The highest BCUT2D eigenvalue weighted by atomic mass is 16.4. The van der Waals surface area contributed by atoms with Gasteiger partial charge < -0.3 is 15.3 Å². The molecule has 5 heteroatoms. The molecule has 1 unspecified atom stereocenters. The zero-order valence-corrected chi connectivity index (χ0v) is 12.8. The number of hydrogen-bond donors (Lipinski definition) is 2. The SMILES string of the molecule is C#CCNc1cccc(CC(CCCN(C)C=O)C(=O)O)c1. The number of carbonyl (C=O) groups excluding carboxylic acids is 1. The van der Waals surface area contributed by atoms with E-state index in [2.05, 4.69) is 11.2 Å². The van der Waals surface area contributed by atoms with E-state index < -0.39 is 11.9 Å². The van der Waals surface area contributed by atoms with Crippen molar-refractivity contribution in [3.8, 4) is 12.3 Å². The van der Waals surface area contributed by atoms with Crippen LogP contribution in [0, 0.1) is 18.3 Å². The molecular formula is C17H22N2O3. The Kier molecular flexibility index (Phi) is 7.55. The van der Waals surface area contributed by atoms with Gasteiger partial charge in [-0.25, -0.2) is 0 Å². The molecule has 1 atom stereocenters. The average molecular weight is 302 g/mol. The molecular weight excluding hydrogens is 280 g/mol. The van der Waals surface area contributed by atoms with Crippen LogP contribution in [0.2, 0.25) is 0 Å². The standard InChI is InChI=1S/C17H22N2O3/c1-3-9-18-16-8-4-6-14(12-16)11-15(17(21)22)7-5-10-19(2)13-20/h1,4,6,8,12-13,15,18H,5,7,9-11H2,2H3,(H,21,22). The maximum absolute atomic E-state index is 11.4. The van der Waals surface area contributed by atoms with Gasteiger partial charge in [-0.05, 0) is 37.0 Å². The maximum Gasteiger partial charge on any atom is 0.306 e. The Morgan fingerprint density at radius 2 is 2.32 bits per heavy atom. The van der Waals surface area contributed by atoms with Crippen LogP contribution in [0.5, 0.6) is 0 Å². The van der Waals surface area contributed by atoms with E-state index in [1.165, 1.54) is 4.90 Å². The third kappa shape index (κ3) is 6.31. The summed E-state index contributed by atoms with van der Waals surface area (Å²) in [4.78, 5) is 23.4. The van der Waals surface area contributed by atoms with Gasteiger partial charge in [-0.3, -0.25) is 9.59 Å². The van der Waals surface area contributed by atoms with Crippen LogP contribution >= 0.6 is 0 Å². The second kappa shape index (κ2) is 9.46. The fourth-order valence-electron chi connectivity index (χ4n) is 2.20. The molecule has 1 rings (SSSR count). The third-order valence-corrected chi connectivity index (χ3v) is 3.40. The van der Waals surface area contributed by atoms with E-state index in [4.69, 9.17) is 6.42 Å². The minimum Gasteiger partial charge on any atom is -0.481 e. The molecule has 0 fully saturated rings. The predicted octanol–water partition coefficient (Wildman–Crippen LogP) is 1.84. The number of carbonyl (C=O) groups is 2. The molecule has 0 aliphatic carbocycles. The Morgan fingerprint density at radius 3 is 2.95 bits per heavy atom. The summed E-state index contributed by atoms with van der Waals surface area (Å²) in [5.74, 6) is 1.24. The van der Waals surface area contributed by atoms with Crippen LogP contribution in [-0.4, -0.2) is 42.5 Å². The van der Waals surface area contributed by atoms with Gasteiger partial charge in [0.25, 0.3) is 0 Å². The Balaban J connectivity index is 2.61. The number of benzene rings is 1. The first-order valence-corrected chi connectivity index (χ1v) is 7.21. The van der Waals surface area contributed by atoms with E-state index in [9.17, 15) is 14.7 Å². The van der Waals surface area contributed by atoms with Gasteiger partial charge in [-0.1, -0.05) is 18.1 Å². The quantitative estimate of drug-likeness (QED) is 0.511. The number of amides is 1. The minimum absolute atomic E-state index is 0.434. The number of carboxylic acids is 1. The normalized spacial score (nSPS) is 11.3. The van der Waals surface area contributed by atoms with Crippen LogP contribution in [-0.2, 0) is 16.0 Å². The lowest BCUT2D eigenvalue weighted by molar-refractivity contribution is -0.142. The van der Waals surface area contributed by atoms with Crippen LogP contribution < -0.4 is 5.32 Å². The first-order chi connectivity index (χ1) is 10.6. The van der Waals surface area contributed by atoms with Gasteiger partial charge >= 0.3 is 5.97 Å². The Hall–Kier alpha value is -2.48. The van der Waals surface area contributed by atoms with Gasteiger partial charge in [0.15, 0.2) is 0 Å². The first-order valence-electron chi connectivity index (χ1n) is 7.21. The number of anilines is 1. The molecule has 1 aromatic rings. The molecule has 0 bridgehead atoms. The lowest BCUT2D eigenvalue weighted by Gasteiger charge is -2.15. The number of nitrogens with zero attached hydrogens (tertiary/aromatic N) is 1. The Morgan fingerprint density at radius 1 is 1.55 bits per heavy atom. The number of hydrogen-bond acceptors (Lipinski definition) is 3. The molecule has 0 aromatic heterocycles. The zero-order valence-electron chi connectivity index (χ0n) is 12.8. The molecule has 1 amide bonds. The largest absolute Gasteiger partial charge is 0.481 e. The van der Waals surface area contributed by atoms with Crippen LogP contribution in [0.1, 0.15) is 18.4 Å². The topological polar surface area (TPSA) is 69.6 Å². The predicted molar refractivity (Wildman–Crippen MR) is 86.5 cm³/mol. The van der Waals surface area contributed by atoms with Crippen molar-refractivity contribution in [1.82, 2.24) is 4.90 Å². The molecule has 0 saturated carbocycles. The van der Waals surface area contributed by atoms with Crippen molar-refractivity contribution >= 4 is 18.1 Å². The molecule has 2 N–H and O–H groups in total. The van der Waals surface area contributed by atoms with Gasteiger partial charge in [0.05, 0.1) is 12.5 Å². The summed E-state index contributed by atoms with van der Waals surface area (Å²) in [6, 6.07) is 7.61. The second-order valence-corrected chi connectivity index (χ2v) is 5.23. The average Bonchev–Trinajstić information content (AvgIpc) is 2.52. The molecule has 22 heavy (non-hydrogen) atoms. The van der Waals surface area contributed by atoms with Crippen LogP contribution in [0.25, 0.3) is 0 Å². The van der Waals surface area contributed by atoms with Crippen molar-refractivity contribution in [3.05, 3.63) is 29.8 Å². The van der Waals surface area contributed by atoms with Crippen LogP contribution in [0.3, 0.4) is 0 Å². The van der Waals surface area contributed by atoms with E-state index in [0.717, 1.165) is 17.7 Å². The van der Waals surface area contributed by atoms with Crippen LogP contribution in [0.4, 0.5) is 5.69 Å². The van der Waals surface area contributed by atoms with Crippen molar-refractivity contribution in [3.63, 3.8) is 0 Å². The molecule has 0 heterocycles. The minimum atomic E-state index is -0.809. The van der Waals surface area contributed by atoms with Crippen LogP contribution in [0.15, 0.2) is 24.3 Å². The van der Waals surface area contributed by atoms with Gasteiger partial charge in [-0.15, -0.1) is 6.42 Å². The smallest absolute Gasteiger partial charge is 0.306 e. The van der Waals surface area contributed by atoms with Crippen molar-refractivity contribution in [2.75, 3.05) is 25.5 Å². The lowest BCUT2D eigenvalue weighted by atomic mass is 9.94. The number of carboxylic acid groups (broad SMARTS) is 1. The number of rotatable bonds is 10. The van der Waals surface area contributed by atoms with E-state index >= 15 is 0 Å². The van der Waals surface area contributed by atoms with E-state index in [1.54, 1.807) is 7.05 Å².